The Balaban J connectivity index is 2.07. The molecule has 4 aliphatic rings. The van der Waals surface area contributed by atoms with Crippen LogP contribution >= 0.6 is 0 Å². The highest BCUT2D eigenvalue weighted by atomic mass is 19.2. The maximum Gasteiger partial charge on any atom is 0.197 e. The summed E-state index contributed by atoms with van der Waals surface area (Å²) in [6.07, 6.45) is -0.260. The molecule has 4 aliphatic carbocycles. The van der Waals surface area contributed by atoms with E-state index in [1.54, 1.807) is 0 Å². The van der Waals surface area contributed by atoms with E-state index in [4.69, 9.17) is 0 Å². The fraction of sp³-hybridized carbons (Fsp3) is 0.538. The lowest BCUT2D eigenvalue weighted by Crippen LogP contribution is -2.28. The molecule has 1 nitrogen and oxygen atoms in total. The van der Waals surface area contributed by atoms with Crippen molar-refractivity contribution in [1.82, 2.24) is 0 Å². The summed E-state index contributed by atoms with van der Waals surface area (Å²) in [7, 11) is 0. The van der Waals surface area contributed by atoms with Gasteiger partial charge in [0, 0.05) is 17.0 Å². The van der Waals surface area contributed by atoms with Gasteiger partial charge in [-0.2, -0.15) is 0 Å². The van der Waals surface area contributed by atoms with Crippen LogP contribution in [-0.2, 0) is 0 Å². The zero-order chi connectivity index (χ0) is 13.0. The third kappa shape index (κ3) is 0.859. The molecule has 2 fully saturated rings. The van der Waals surface area contributed by atoms with Crippen LogP contribution < -0.4 is 0 Å². The summed E-state index contributed by atoms with van der Waals surface area (Å²) in [5.41, 5.74) is -0.468. The predicted molar refractivity (Wildman–Crippen MR) is 54.0 cm³/mol. The van der Waals surface area contributed by atoms with Crippen molar-refractivity contribution in [3.8, 4) is 0 Å². The number of aliphatic hydroxyl groups excluding tert-OH is 1. The lowest BCUT2D eigenvalue weighted by atomic mass is 9.75. The zero-order valence-electron chi connectivity index (χ0n) is 9.48. The van der Waals surface area contributed by atoms with Crippen LogP contribution in [0.4, 0.5) is 17.6 Å². The molecule has 5 atom stereocenters. The van der Waals surface area contributed by atoms with Crippen molar-refractivity contribution in [2.45, 2.75) is 31.3 Å². The van der Waals surface area contributed by atoms with E-state index in [1.165, 1.54) is 0 Å². The smallest absolute Gasteiger partial charge is 0.197 e. The minimum absolute atomic E-state index is 0.0413. The van der Waals surface area contributed by atoms with Gasteiger partial charge in [-0.3, -0.25) is 0 Å². The monoisotopic (exact) mass is 258 g/mol. The van der Waals surface area contributed by atoms with Crippen molar-refractivity contribution in [2.24, 2.45) is 11.3 Å². The van der Waals surface area contributed by atoms with Crippen molar-refractivity contribution in [1.29, 1.82) is 0 Å². The van der Waals surface area contributed by atoms with Gasteiger partial charge in [0.05, 0.1) is 6.10 Å². The zero-order valence-corrected chi connectivity index (χ0v) is 9.48. The molecule has 18 heavy (non-hydrogen) atoms. The van der Waals surface area contributed by atoms with Crippen molar-refractivity contribution in [3.05, 3.63) is 34.4 Å². The van der Waals surface area contributed by atoms with Crippen LogP contribution in [-0.4, -0.2) is 11.2 Å². The molecule has 0 radical (unpaired) electrons. The molecule has 5 heteroatoms. The van der Waals surface area contributed by atoms with E-state index < -0.39 is 35.3 Å². The van der Waals surface area contributed by atoms with Crippen molar-refractivity contribution in [2.75, 3.05) is 0 Å². The molecule has 4 bridgehead atoms. The largest absolute Gasteiger partial charge is 0.392 e. The van der Waals surface area contributed by atoms with E-state index in [2.05, 4.69) is 0 Å². The van der Waals surface area contributed by atoms with E-state index >= 15 is 0 Å². The molecule has 0 spiro atoms. The number of hydrogen-bond acceptors (Lipinski definition) is 1. The van der Waals surface area contributed by atoms with Gasteiger partial charge in [0.2, 0.25) is 0 Å². The fourth-order valence-corrected chi connectivity index (χ4v) is 4.41. The van der Waals surface area contributed by atoms with E-state index in [0.717, 1.165) is 0 Å². The van der Waals surface area contributed by atoms with E-state index in [0.29, 0.717) is 6.42 Å². The van der Waals surface area contributed by atoms with Gasteiger partial charge in [-0.05, 0) is 23.7 Å². The summed E-state index contributed by atoms with van der Waals surface area (Å²) in [4.78, 5) is 0. The van der Waals surface area contributed by atoms with Gasteiger partial charge in [0.25, 0.3) is 0 Å². The summed E-state index contributed by atoms with van der Waals surface area (Å²) in [5, 5.41) is 10.0. The van der Waals surface area contributed by atoms with Crippen molar-refractivity contribution in [3.63, 3.8) is 0 Å². The molecule has 0 aromatic heterocycles. The summed E-state index contributed by atoms with van der Waals surface area (Å²) in [5.74, 6) is -7.25. The maximum absolute atomic E-state index is 13.8. The maximum atomic E-state index is 13.8. The predicted octanol–water partition coefficient (Wildman–Crippen LogP) is 2.82. The molecule has 0 heterocycles. The Morgan fingerprint density at radius 2 is 1.56 bits per heavy atom. The second kappa shape index (κ2) is 2.74. The molecule has 1 aromatic rings. The minimum atomic E-state index is -1.77. The van der Waals surface area contributed by atoms with Crippen LogP contribution in [0.3, 0.4) is 0 Å². The van der Waals surface area contributed by atoms with Crippen LogP contribution in [0.15, 0.2) is 0 Å². The Kier molecular flexibility index (Phi) is 1.64. The molecule has 96 valence electrons. The number of halogens is 4. The Hall–Kier alpha value is -1.10. The molecular formula is C13H10F4O. The summed E-state index contributed by atoms with van der Waals surface area (Å²) in [6.45, 7) is 1.88. The highest BCUT2D eigenvalue weighted by Gasteiger charge is 2.75. The van der Waals surface area contributed by atoms with Gasteiger partial charge in [-0.1, -0.05) is 6.92 Å². The Morgan fingerprint density at radius 1 is 1.00 bits per heavy atom. The molecule has 1 unspecified atom stereocenters. The average Bonchev–Trinajstić information content (AvgIpc) is 2.88. The number of rotatable bonds is 0. The number of aliphatic hydroxyl groups is 1. The standard InChI is InChI=1S/C13H10F4O/c1-13-2-3-4-5(6(13)7(13)12(3)18)9(15)11(17)10(16)8(4)14/h3,6-7,12,18H,2H2,1H3/t3-,6+,7+,12?,13+/m0/s1. The summed E-state index contributed by atoms with van der Waals surface area (Å²) >= 11 is 0. The molecule has 1 aromatic carbocycles. The van der Waals surface area contributed by atoms with Crippen LogP contribution in [0.5, 0.6) is 0 Å². The molecule has 0 amide bonds. The van der Waals surface area contributed by atoms with Crippen LogP contribution in [0.1, 0.15) is 36.3 Å². The van der Waals surface area contributed by atoms with E-state index in [9.17, 15) is 22.7 Å². The van der Waals surface area contributed by atoms with Gasteiger partial charge in [-0.25, -0.2) is 17.6 Å². The van der Waals surface area contributed by atoms with Crippen LogP contribution in [0.2, 0.25) is 0 Å². The first-order valence-electron chi connectivity index (χ1n) is 5.93. The van der Waals surface area contributed by atoms with Crippen molar-refractivity contribution < 1.29 is 22.7 Å². The number of benzene rings is 1. The molecule has 2 saturated carbocycles. The highest BCUT2D eigenvalue weighted by Crippen LogP contribution is 2.80. The van der Waals surface area contributed by atoms with Crippen molar-refractivity contribution >= 4 is 0 Å². The first kappa shape index (κ1) is 10.8. The molecule has 0 saturated heterocycles. The summed E-state index contributed by atoms with van der Waals surface area (Å²) < 4.78 is 54.2. The van der Waals surface area contributed by atoms with E-state index in [1.807, 2.05) is 6.92 Å². The first-order chi connectivity index (χ1) is 8.39. The average molecular weight is 258 g/mol. The lowest BCUT2D eigenvalue weighted by molar-refractivity contribution is 0.125. The van der Waals surface area contributed by atoms with Gasteiger partial charge >= 0.3 is 0 Å². The van der Waals surface area contributed by atoms with Gasteiger partial charge < -0.3 is 5.11 Å². The molecule has 1 N–H and O–H groups in total. The summed E-state index contributed by atoms with van der Waals surface area (Å²) in [6, 6.07) is 0. The second-order valence-electron chi connectivity index (χ2n) is 5.89. The highest BCUT2D eigenvalue weighted by molar-refractivity contribution is 5.52. The van der Waals surface area contributed by atoms with E-state index in [-0.39, 0.29) is 28.4 Å². The SMILES string of the molecule is C[C@@]12C[C@H]3c4c(F)c(F)c(F)c(F)c4[C@@H]1[C@@H]2C3O. The third-order valence-electron chi connectivity index (χ3n) is 5.18. The Bertz CT molecular complexity index is 566. The molecule has 5 rings (SSSR count). The van der Waals surface area contributed by atoms with Gasteiger partial charge in [-0.15, -0.1) is 0 Å². The normalized spacial score (nSPS) is 43.0. The minimum Gasteiger partial charge on any atom is -0.392 e. The fourth-order valence-electron chi connectivity index (χ4n) is 4.41. The molecular weight excluding hydrogens is 248 g/mol. The van der Waals surface area contributed by atoms with Crippen LogP contribution in [0.25, 0.3) is 0 Å². The van der Waals surface area contributed by atoms with Crippen LogP contribution in [0, 0.1) is 34.6 Å². The third-order valence-corrected chi connectivity index (χ3v) is 5.18. The Morgan fingerprint density at radius 3 is 2.06 bits per heavy atom. The lowest BCUT2D eigenvalue weighted by Gasteiger charge is -2.32. The molecule has 0 aliphatic heterocycles. The first-order valence-corrected chi connectivity index (χ1v) is 5.93. The quantitative estimate of drug-likeness (QED) is 0.431. The Labute approximate surface area is 100 Å². The van der Waals surface area contributed by atoms with Gasteiger partial charge in [0.15, 0.2) is 23.3 Å². The second-order valence-corrected chi connectivity index (χ2v) is 5.89. The van der Waals surface area contributed by atoms with Gasteiger partial charge in [0.1, 0.15) is 0 Å². The number of hydrogen-bond donors (Lipinski definition) is 1. The topological polar surface area (TPSA) is 20.2 Å².